The Morgan fingerprint density at radius 2 is 1.46 bits per heavy atom. The summed E-state index contributed by atoms with van der Waals surface area (Å²) >= 11 is 5.92. The number of carbonyl (C=O) groups is 3. The molecule has 2 aromatic rings. The Morgan fingerprint density at radius 1 is 0.893 bits per heavy atom. The minimum atomic E-state index is -0.524. The van der Waals surface area contributed by atoms with E-state index in [-0.39, 0.29) is 24.7 Å². The maximum Gasteiger partial charge on any atom is 0.307 e. The van der Waals surface area contributed by atoms with Crippen LogP contribution in [0.5, 0.6) is 0 Å². The highest BCUT2D eigenvalue weighted by Gasteiger charge is 2.22. The predicted octanol–water partition coefficient (Wildman–Crippen LogP) is 3.33. The highest BCUT2D eigenvalue weighted by molar-refractivity contribution is 6.30. The van der Waals surface area contributed by atoms with Gasteiger partial charge in [-0.15, -0.1) is 0 Å². The van der Waals surface area contributed by atoms with Gasteiger partial charge in [-0.05, 0) is 23.3 Å². The van der Waals surface area contributed by atoms with Crippen LogP contribution in [0.4, 0.5) is 0 Å². The number of amides is 2. The molecular weight excluding hydrogens is 380 g/mol. The lowest BCUT2D eigenvalue weighted by molar-refractivity contribution is -0.141. The SMILES string of the molecule is COC(=O)C[C@@H](NC(=O)C[C@@H](NC(C)=O)c1ccc(Cl)cc1)c1ccccc1. The van der Waals surface area contributed by atoms with Gasteiger partial charge >= 0.3 is 5.97 Å². The first-order valence-electron chi connectivity index (χ1n) is 8.82. The second-order valence-electron chi connectivity index (χ2n) is 6.32. The molecule has 2 aromatic carbocycles. The summed E-state index contributed by atoms with van der Waals surface area (Å²) in [7, 11) is 1.31. The average Bonchev–Trinajstić information content (AvgIpc) is 2.67. The number of hydrogen-bond donors (Lipinski definition) is 2. The minimum Gasteiger partial charge on any atom is -0.469 e. The molecule has 0 heterocycles. The number of esters is 1. The number of rotatable bonds is 8. The Balaban J connectivity index is 2.14. The Labute approximate surface area is 169 Å². The number of halogens is 1. The molecule has 28 heavy (non-hydrogen) atoms. The minimum absolute atomic E-state index is 0.0119. The molecule has 2 atom stereocenters. The second kappa shape index (κ2) is 10.5. The van der Waals surface area contributed by atoms with Gasteiger partial charge < -0.3 is 15.4 Å². The molecule has 0 bridgehead atoms. The van der Waals surface area contributed by atoms with Gasteiger partial charge in [-0.3, -0.25) is 14.4 Å². The number of benzene rings is 2. The molecule has 0 aliphatic rings. The van der Waals surface area contributed by atoms with Crippen LogP contribution in [0.15, 0.2) is 54.6 Å². The van der Waals surface area contributed by atoms with Crippen molar-refractivity contribution in [1.29, 1.82) is 0 Å². The van der Waals surface area contributed by atoms with Crippen molar-refractivity contribution in [3.8, 4) is 0 Å². The van der Waals surface area contributed by atoms with Crippen molar-refractivity contribution in [2.75, 3.05) is 7.11 Å². The van der Waals surface area contributed by atoms with E-state index in [0.717, 1.165) is 11.1 Å². The molecule has 0 radical (unpaired) electrons. The Morgan fingerprint density at radius 3 is 2.04 bits per heavy atom. The molecule has 0 unspecified atom stereocenters. The maximum absolute atomic E-state index is 12.7. The number of nitrogens with one attached hydrogen (secondary N) is 2. The van der Waals surface area contributed by atoms with E-state index in [2.05, 4.69) is 10.6 Å². The van der Waals surface area contributed by atoms with Crippen molar-refractivity contribution < 1.29 is 19.1 Å². The number of ether oxygens (including phenoxy) is 1. The van der Waals surface area contributed by atoms with Crippen LogP contribution >= 0.6 is 11.6 Å². The molecule has 0 fully saturated rings. The third-order valence-electron chi connectivity index (χ3n) is 4.18. The molecular formula is C21H23ClN2O4. The van der Waals surface area contributed by atoms with Gasteiger partial charge in [0.1, 0.15) is 0 Å². The van der Waals surface area contributed by atoms with Gasteiger partial charge in [0, 0.05) is 11.9 Å². The summed E-state index contributed by atoms with van der Waals surface area (Å²) in [6.45, 7) is 1.39. The second-order valence-corrected chi connectivity index (χ2v) is 6.76. The molecule has 0 aliphatic heterocycles. The Bertz CT molecular complexity index is 803. The van der Waals surface area contributed by atoms with Crippen molar-refractivity contribution in [1.82, 2.24) is 10.6 Å². The number of hydrogen-bond acceptors (Lipinski definition) is 4. The summed E-state index contributed by atoms with van der Waals surface area (Å²) in [6, 6.07) is 15.1. The molecule has 2 amide bonds. The van der Waals surface area contributed by atoms with Crippen LogP contribution in [0.25, 0.3) is 0 Å². The van der Waals surface area contributed by atoms with Crippen LogP contribution in [-0.2, 0) is 19.1 Å². The molecule has 7 heteroatoms. The van der Waals surface area contributed by atoms with Gasteiger partial charge in [-0.2, -0.15) is 0 Å². The molecule has 0 spiro atoms. The van der Waals surface area contributed by atoms with E-state index in [9.17, 15) is 14.4 Å². The van der Waals surface area contributed by atoms with Crippen LogP contribution in [0, 0.1) is 0 Å². The molecule has 0 saturated carbocycles. The summed E-state index contributed by atoms with van der Waals surface area (Å²) in [5.74, 6) is -0.973. The van der Waals surface area contributed by atoms with Crippen molar-refractivity contribution in [3.63, 3.8) is 0 Å². The molecule has 148 valence electrons. The lowest BCUT2D eigenvalue weighted by Crippen LogP contribution is -2.35. The summed E-state index contributed by atoms with van der Waals surface area (Å²) < 4.78 is 4.74. The number of carbonyl (C=O) groups excluding carboxylic acids is 3. The summed E-state index contributed by atoms with van der Waals surface area (Å²) in [5.41, 5.74) is 1.56. The Kier molecular flexibility index (Phi) is 8.02. The fourth-order valence-electron chi connectivity index (χ4n) is 2.82. The number of methoxy groups -OCH3 is 1. The topological polar surface area (TPSA) is 84.5 Å². The first-order chi connectivity index (χ1) is 13.4. The molecule has 0 aromatic heterocycles. The van der Waals surface area contributed by atoms with Gasteiger partial charge in [0.15, 0.2) is 0 Å². The van der Waals surface area contributed by atoms with Gasteiger partial charge in [0.05, 0.1) is 32.0 Å². The lowest BCUT2D eigenvalue weighted by Gasteiger charge is -2.22. The largest absolute Gasteiger partial charge is 0.469 e. The maximum atomic E-state index is 12.7. The predicted molar refractivity (Wildman–Crippen MR) is 107 cm³/mol. The normalized spacial score (nSPS) is 12.5. The van der Waals surface area contributed by atoms with E-state index >= 15 is 0 Å². The fraction of sp³-hybridized carbons (Fsp3) is 0.286. The zero-order valence-corrected chi connectivity index (χ0v) is 16.5. The standard InChI is InChI=1S/C21H23ClN2O4/c1-14(25)23-18(16-8-10-17(22)11-9-16)12-20(26)24-19(13-21(27)28-2)15-6-4-3-5-7-15/h3-11,18-19H,12-13H2,1-2H3,(H,23,25)(H,24,26)/t18-,19-/m1/s1. The monoisotopic (exact) mass is 402 g/mol. The van der Waals surface area contributed by atoms with E-state index in [0.29, 0.717) is 5.02 Å². The quantitative estimate of drug-likeness (QED) is 0.663. The summed E-state index contributed by atoms with van der Waals surface area (Å²) in [6.07, 6.45) is 0.0315. The zero-order chi connectivity index (χ0) is 20.5. The van der Waals surface area contributed by atoms with Crippen molar-refractivity contribution >= 4 is 29.4 Å². The van der Waals surface area contributed by atoms with Crippen LogP contribution in [0.3, 0.4) is 0 Å². The van der Waals surface area contributed by atoms with Gasteiger partial charge in [0.25, 0.3) is 0 Å². The third-order valence-corrected chi connectivity index (χ3v) is 4.43. The highest BCUT2D eigenvalue weighted by Crippen LogP contribution is 2.22. The van der Waals surface area contributed by atoms with Gasteiger partial charge in [-0.25, -0.2) is 0 Å². The summed E-state index contributed by atoms with van der Waals surface area (Å²) in [4.78, 5) is 36.0. The van der Waals surface area contributed by atoms with E-state index < -0.39 is 18.1 Å². The Hall–Kier alpha value is -2.86. The molecule has 0 saturated heterocycles. The summed E-state index contributed by atoms with van der Waals surface area (Å²) in [5, 5.41) is 6.21. The first-order valence-corrected chi connectivity index (χ1v) is 9.20. The van der Waals surface area contributed by atoms with Crippen LogP contribution in [-0.4, -0.2) is 24.9 Å². The van der Waals surface area contributed by atoms with E-state index in [1.807, 2.05) is 30.3 Å². The van der Waals surface area contributed by atoms with E-state index in [4.69, 9.17) is 16.3 Å². The highest BCUT2D eigenvalue weighted by atomic mass is 35.5. The molecule has 6 nitrogen and oxygen atoms in total. The van der Waals surface area contributed by atoms with Crippen molar-refractivity contribution in [3.05, 3.63) is 70.7 Å². The van der Waals surface area contributed by atoms with Crippen LogP contribution < -0.4 is 10.6 Å². The van der Waals surface area contributed by atoms with Crippen molar-refractivity contribution in [2.45, 2.75) is 31.8 Å². The molecule has 2 N–H and O–H groups in total. The van der Waals surface area contributed by atoms with E-state index in [1.165, 1.54) is 14.0 Å². The first kappa shape index (κ1) is 21.4. The van der Waals surface area contributed by atoms with Crippen LogP contribution in [0.2, 0.25) is 5.02 Å². The van der Waals surface area contributed by atoms with Crippen LogP contribution in [0.1, 0.15) is 43.0 Å². The molecule has 0 aliphatic carbocycles. The van der Waals surface area contributed by atoms with E-state index in [1.54, 1.807) is 24.3 Å². The lowest BCUT2D eigenvalue weighted by atomic mass is 10.0. The molecule has 2 rings (SSSR count). The zero-order valence-electron chi connectivity index (χ0n) is 15.8. The third kappa shape index (κ3) is 6.70. The van der Waals surface area contributed by atoms with Gasteiger partial charge in [0.2, 0.25) is 11.8 Å². The smallest absolute Gasteiger partial charge is 0.307 e. The van der Waals surface area contributed by atoms with Gasteiger partial charge in [-0.1, -0.05) is 54.1 Å². The van der Waals surface area contributed by atoms with Crippen molar-refractivity contribution in [2.24, 2.45) is 0 Å². The average molecular weight is 403 g/mol. The fourth-order valence-corrected chi connectivity index (χ4v) is 2.94.